The van der Waals surface area contributed by atoms with Crippen LogP contribution in [0.2, 0.25) is 0 Å². The van der Waals surface area contributed by atoms with E-state index in [-0.39, 0.29) is 24.0 Å². The maximum Gasteiger partial charge on any atom is 0.126 e. The van der Waals surface area contributed by atoms with Crippen molar-refractivity contribution in [3.63, 3.8) is 0 Å². The Kier molecular flexibility index (Phi) is 3.04. The first-order valence-electron chi connectivity index (χ1n) is 5.57. The molecule has 0 radical (unpaired) electrons. The van der Waals surface area contributed by atoms with E-state index < -0.39 is 6.10 Å². The molecule has 1 aliphatic carbocycles. The topological polar surface area (TPSA) is 49.7 Å². The maximum absolute atomic E-state index is 13.2. The first-order chi connectivity index (χ1) is 7.55. The van der Waals surface area contributed by atoms with E-state index in [0.717, 1.165) is 12.2 Å². The molecular formula is C12H17FO3. The number of allylic oxidation sites excluding steroid dienone is 4. The Hall–Kier alpha value is -0.870. The van der Waals surface area contributed by atoms with Gasteiger partial charge in [-0.1, -0.05) is 6.92 Å². The summed E-state index contributed by atoms with van der Waals surface area (Å²) in [6, 6.07) is 0. The highest BCUT2D eigenvalue weighted by Crippen LogP contribution is 2.46. The molecule has 1 saturated heterocycles. The van der Waals surface area contributed by atoms with Gasteiger partial charge in [-0.15, -0.1) is 0 Å². The van der Waals surface area contributed by atoms with Crippen LogP contribution in [0.5, 0.6) is 0 Å². The number of aliphatic hydroxyl groups is 2. The van der Waals surface area contributed by atoms with Crippen molar-refractivity contribution in [1.82, 2.24) is 0 Å². The summed E-state index contributed by atoms with van der Waals surface area (Å²) in [7, 11) is 0. The lowest BCUT2D eigenvalue weighted by Gasteiger charge is -2.42. The number of hydrogen-bond donors (Lipinski definition) is 2. The molecule has 0 saturated carbocycles. The zero-order valence-electron chi connectivity index (χ0n) is 9.32. The Balaban J connectivity index is 2.14. The molecule has 90 valence electrons. The molecule has 4 heteroatoms. The van der Waals surface area contributed by atoms with E-state index in [0.29, 0.717) is 12.8 Å². The van der Waals surface area contributed by atoms with Crippen molar-refractivity contribution in [1.29, 1.82) is 0 Å². The van der Waals surface area contributed by atoms with E-state index >= 15 is 0 Å². The van der Waals surface area contributed by atoms with Crippen molar-refractivity contribution in [3.8, 4) is 0 Å². The highest BCUT2D eigenvalue weighted by Gasteiger charge is 2.41. The second-order valence-corrected chi connectivity index (χ2v) is 4.83. The molecule has 3 unspecified atom stereocenters. The fourth-order valence-corrected chi connectivity index (χ4v) is 2.35. The number of rotatable bonds is 2. The van der Waals surface area contributed by atoms with E-state index in [1.807, 2.05) is 6.92 Å². The second-order valence-electron chi connectivity index (χ2n) is 4.83. The van der Waals surface area contributed by atoms with Crippen molar-refractivity contribution in [2.24, 2.45) is 5.41 Å². The molecule has 2 N–H and O–H groups in total. The van der Waals surface area contributed by atoms with Crippen LogP contribution in [-0.2, 0) is 4.74 Å². The summed E-state index contributed by atoms with van der Waals surface area (Å²) in [6.07, 6.45) is 3.57. The minimum Gasteiger partial charge on any atom is -0.491 e. The maximum atomic E-state index is 13.2. The van der Waals surface area contributed by atoms with Gasteiger partial charge in [-0.2, -0.15) is 0 Å². The minimum atomic E-state index is -0.860. The van der Waals surface area contributed by atoms with E-state index in [9.17, 15) is 9.50 Å². The Morgan fingerprint density at radius 3 is 3.06 bits per heavy atom. The predicted octanol–water partition coefficient (Wildman–Crippen LogP) is 1.67. The zero-order chi connectivity index (χ0) is 11.8. The third kappa shape index (κ3) is 1.99. The van der Waals surface area contributed by atoms with Gasteiger partial charge in [0.15, 0.2) is 0 Å². The van der Waals surface area contributed by atoms with Crippen molar-refractivity contribution < 1.29 is 19.3 Å². The SMILES string of the molecule is CC12CCC(C(O)CO)OC1=CC=C(F)C2. The van der Waals surface area contributed by atoms with Crippen LogP contribution in [-0.4, -0.2) is 29.0 Å². The first-order valence-corrected chi connectivity index (χ1v) is 5.57. The lowest BCUT2D eigenvalue weighted by Crippen LogP contribution is -2.40. The molecular weight excluding hydrogens is 211 g/mol. The standard InChI is InChI=1S/C12H17FO3/c1-12-5-4-10(9(15)7-14)16-11(12)3-2-8(13)6-12/h2-3,9-10,14-15H,4-7H2,1H3. The van der Waals surface area contributed by atoms with Gasteiger partial charge in [-0.3, -0.25) is 0 Å². The van der Waals surface area contributed by atoms with Gasteiger partial charge in [0.25, 0.3) is 0 Å². The van der Waals surface area contributed by atoms with E-state index in [1.54, 1.807) is 6.08 Å². The fourth-order valence-electron chi connectivity index (χ4n) is 2.35. The molecule has 16 heavy (non-hydrogen) atoms. The van der Waals surface area contributed by atoms with Crippen LogP contribution in [0, 0.1) is 5.41 Å². The van der Waals surface area contributed by atoms with Gasteiger partial charge >= 0.3 is 0 Å². The van der Waals surface area contributed by atoms with E-state index in [2.05, 4.69) is 0 Å². The van der Waals surface area contributed by atoms with Crippen LogP contribution in [0.3, 0.4) is 0 Å². The first kappa shape index (κ1) is 11.6. The molecule has 0 bridgehead atoms. The Bertz CT molecular complexity index is 337. The smallest absolute Gasteiger partial charge is 0.126 e. The molecule has 3 nitrogen and oxygen atoms in total. The van der Waals surface area contributed by atoms with Crippen LogP contribution in [0.4, 0.5) is 4.39 Å². The van der Waals surface area contributed by atoms with Gasteiger partial charge in [0.1, 0.15) is 23.8 Å². The summed E-state index contributed by atoms with van der Waals surface area (Å²) in [5, 5.41) is 18.4. The van der Waals surface area contributed by atoms with E-state index in [4.69, 9.17) is 9.84 Å². The van der Waals surface area contributed by atoms with Gasteiger partial charge in [0.05, 0.1) is 6.61 Å². The molecule has 0 aromatic heterocycles. The van der Waals surface area contributed by atoms with Crippen LogP contribution in [0.25, 0.3) is 0 Å². The number of fused-ring (bicyclic) bond motifs is 1. The Morgan fingerprint density at radius 1 is 1.62 bits per heavy atom. The van der Waals surface area contributed by atoms with Crippen molar-refractivity contribution >= 4 is 0 Å². The summed E-state index contributed by atoms with van der Waals surface area (Å²) in [4.78, 5) is 0. The molecule has 2 aliphatic rings. The van der Waals surface area contributed by atoms with Gasteiger partial charge < -0.3 is 14.9 Å². The number of hydrogen-bond acceptors (Lipinski definition) is 3. The summed E-state index contributed by atoms with van der Waals surface area (Å²) in [5.41, 5.74) is -0.287. The molecule has 0 aromatic carbocycles. The molecule has 2 rings (SSSR count). The lowest BCUT2D eigenvalue weighted by molar-refractivity contribution is -0.0781. The summed E-state index contributed by atoms with van der Waals surface area (Å²) in [5.74, 6) is 0.591. The molecule has 1 aliphatic heterocycles. The largest absolute Gasteiger partial charge is 0.491 e. The highest BCUT2D eigenvalue weighted by molar-refractivity contribution is 5.25. The normalized spacial score (nSPS) is 35.6. The highest BCUT2D eigenvalue weighted by atomic mass is 19.1. The fraction of sp³-hybridized carbons (Fsp3) is 0.667. The molecule has 1 heterocycles. The van der Waals surface area contributed by atoms with Crippen LogP contribution < -0.4 is 0 Å². The van der Waals surface area contributed by atoms with Gasteiger partial charge in [-0.25, -0.2) is 4.39 Å². The minimum absolute atomic E-state index is 0.129. The monoisotopic (exact) mass is 228 g/mol. The van der Waals surface area contributed by atoms with Crippen molar-refractivity contribution in [2.75, 3.05) is 6.61 Å². The van der Waals surface area contributed by atoms with Gasteiger partial charge in [0.2, 0.25) is 0 Å². The van der Waals surface area contributed by atoms with Crippen LogP contribution >= 0.6 is 0 Å². The zero-order valence-corrected chi connectivity index (χ0v) is 9.32. The number of aliphatic hydroxyl groups excluding tert-OH is 2. The summed E-state index contributed by atoms with van der Waals surface area (Å²) < 4.78 is 18.8. The average Bonchev–Trinajstić information content (AvgIpc) is 2.26. The van der Waals surface area contributed by atoms with Crippen molar-refractivity contribution in [3.05, 3.63) is 23.7 Å². The quantitative estimate of drug-likeness (QED) is 0.755. The van der Waals surface area contributed by atoms with Gasteiger partial charge in [-0.05, 0) is 25.0 Å². The molecule has 0 spiro atoms. The van der Waals surface area contributed by atoms with Crippen LogP contribution in [0.15, 0.2) is 23.7 Å². The van der Waals surface area contributed by atoms with E-state index in [1.165, 1.54) is 6.08 Å². The molecule has 3 atom stereocenters. The molecule has 0 aromatic rings. The molecule has 0 amide bonds. The number of ether oxygens (including phenoxy) is 1. The lowest BCUT2D eigenvalue weighted by atomic mass is 9.74. The van der Waals surface area contributed by atoms with Crippen LogP contribution in [0.1, 0.15) is 26.2 Å². The van der Waals surface area contributed by atoms with Crippen molar-refractivity contribution in [2.45, 2.75) is 38.4 Å². The Labute approximate surface area is 94.2 Å². The Morgan fingerprint density at radius 2 is 2.38 bits per heavy atom. The summed E-state index contributed by atoms with van der Waals surface area (Å²) in [6.45, 7) is 1.66. The molecule has 1 fully saturated rings. The second kappa shape index (κ2) is 4.18. The third-order valence-corrected chi connectivity index (χ3v) is 3.44. The van der Waals surface area contributed by atoms with Gasteiger partial charge in [0, 0.05) is 11.8 Å². The number of halogens is 1. The predicted molar refractivity (Wildman–Crippen MR) is 57.2 cm³/mol. The summed E-state index contributed by atoms with van der Waals surface area (Å²) >= 11 is 0. The average molecular weight is 228 g/mol. The third-order valence-electron chi connectivity index (χ3n) is 3.44.